The molecule has 0 aliphatic rings. The Morgan fingerprint density at radius 3 is 2.63 bits per heavy atom. The van der Waals surface area contributed by atoms with Gasteiger partial charge < -0.3 is 5.32 Å². The van der Waals surface area contributed by atoms with E-state index in [0.717, 1.165) is 4.88 Å². The highest BCUT2D eigenvalue weighted by atomic mass is 32.2. The van der Waals surface area contributed by atoms with Crippen molar-refractivity contribution in [2.24, 2.45) is 0 Å². The molecule has 5 nitrogen and oxygen atoms in total. The van der Waals surface area contributed by atoms with Gasteiger partial charge in [0.1, 0.15) is 5.03 Å². The van der Waals surface area contributed by atoms with E-state index in [1.165, 1.54) is 23.1 Å². The number of anilines is 1. The second-order valence-corrected chi connectivity index (χ2v) is 9.87. The Kier molecular flexibility index (Phi) is 6.65. The molecule has 27 heavy (non-hydrogen) atoms. The van der Waals surface area contributed by atoms with Gasteiger partial charge in [-0.3, -0.25) is 4.79 Å². The molecule has 0 saturated carbocycles. The quantitative estimate of drug-likeness (QED) is 0.562. The molecule has 0 saturated heterocycles. The smallest absolute Gasteiger partial charge is 0.229 e. The van der Waals surface area contributed by atoms with E-state index in [0.29, 0.717) is 27.8 Å². The third-order valence-corrected chi connectivity index (χ3v) is 7.53. The molecule has 3 aromatic rings. The molecule has 0 aliphatic heterocycles. The molecule has 8 heteroatoms. The number of carbonyl (C=O) groups excluding carboxylic acids is 1. The zero-order chi connectivity index (χ0) is 19.1. The normalized spacial score (nSPS) is 11.3. The van der Waals surface area contributed by atoms with Crippen LogP contribution in [0.15, 0.2) is 76.1 Å². The van der Waals surface area contributed by atoms with Crippen LogP contribution in [0.5, 0.6) is 0 Å². The highest BCUT2D eigenvalue weighted by Gasteiger charge is 2.15. The molecule has 2 aromatic heterocycles. The fourth-order valence-corrected chi connectivity index (χ4v) is 5.69. The molecule has 0 atom stereocenters. The van der Waals surface area contributed by atoms with Crippen LogP contribution in [-0.4, -0.2) is 30.8 Å². The number of hydrogen-bond donors (Lipinski definition) is 1. The fourth-order valence-electron chi connectivity index (χ4n) is 2.36. The Balaban J connectivity index is 1.60. The number of nitrogens with zero attached hydrogens (tertiary/aromatic N) is 1. The summed E-state index contributed by atoms with van der Waals surface area (Å²) in [5.41, 5.74) is 0.598. The Morgan fingerprint density at radius 1 is 1.07 bits per heavy atom. The van der Waals surface area contributed by atoms with Crippen LogP contribution in [0.25, 0.3) is 0 Å². The van der Waals surface area contributed by atoms with Gasteiger partial charge in [-0.05, 0) is 35.7 Å². The van der Waals surface area contributed by atoms with Crippen molar-refractivity contribution in [3.05, 3.63) is 71.1 Å². The highest BCUT2D eigenvalue weighted by Crippen LogP contribution is 2.25. The molecule has 0 bridgehead atoms. The Hall–Kier alpha value is -2.16. The fraction of sp³-hybridized carbons (Fsp3) is 0.158. The summed E-state index contributed by atoms with van der Waals surface area (Å²) in [6.45, 7) is 0. The minimum atomic E-state index is -3.34. The molecule has 3 rings (SSSR count). The van der Waals surface area contributed by atoms with Gasteiger partial charge in [-0.1, -0.05) is 24.3 Å². The number of carbonyl (C=O) groups is 1. The van der Waals surface area contributed by atoms with Crippen molar-refractivity contribution >= 4 is 44.5 Å². The number of thioether (sulfide) groups is 1. The zero-order valence-corrected chi connectivity index (χ0v) is 16.8. The lowest BCUT2D eigenvalue weighted by molar-refractivity contribution is -0.115. The van der Waals surface area contributed by atoms with Gasteiger partial charge in [-0.25, -0.2) is 13.4 Å². The van der Waals surface area contributed by atoms with Crippen molar-refractivity contribution in [1.29, 1.82) is 0 Å². The highest BCUT2D eigenvalue weighted by molar-refractivity contribution is 8.00. The molecular weight excluding hydrogens is 400 g/mol. The SMILES string of the molecule is O=C(Cc1cccs1)Nc1cccnc1SCCS(=O)(=O)c1ccccc1. The molecule has 0 unspecified atom stereocenters. The van der Waals surface area contributed by atoms with Crippen molar-refractivity contribution in [3.63, 3.8) is 0 Å². The summed E-state index contributed by atoms with van der Waals surface area (Å²) < 4.78 is 24.7. The van der Waals surface area contributed by atoms with Gasteiger partial charge in [0.15, 0.2) is 9.84 Å². The standard InChI is InChI=1S/C19H18N2O3S3/c22-18(14-15-6-5-11-25-15)21-17-9-4-10-20-19(17)26-12-13-27(23,24)16-7-2-1-3-8-16/h1-11H,12-14H2,(H,21,22). The van der Waals surface area contributed by atoms with Gasteiger partial charge in [0.2, 0.25) is 5.91 Å². The zero-order valence-electron chi connectivity index (χ0n) is 14.4. The Labute approximate surface area is 166 Å². The first-order valence-electron chi connectivity index (χ1n) is 8.22. The van der Waals surface area contributed by atoms with E-state index < -0.39 is 9.84 Å². The molecular formula is C19H18N2O3S3. The van der Waals surface area contributed by atoms with Crippen LogP contribution in [0.4, 0.5) is 5.69 Å². The number of aromatic nitrogens is 1. The van der Waals surface area contributed by atoms with Crippen molar-refractivity contribution in [2.45, 2.75) is 16.3 Å². The van der Waals surface area contributed by atoms with Gasteiger partial charge in [0.05, 0.1) is 22.8 Å². The lowest BCUT2D eigenvalue weighted by atomic mass is 10.3. The predicted octanol–water partition coefficient (Wildman–Crippen LogP) is 3.89. The number of pyridine rings is 1. The molecule has 140 valence electrons. The molecule has 1 N–H and O–H groups in total. The summed E-state index contributed by atoms with van der Waals surface area (Å²) in [6.07, 6.45) is 1.93. The first-order valence-corrected chi connectivity index (χ1v) is 11.7. The second kappa shape index (κ2) is 9.16. The third kappa shape index (κ3) is 5.66. The number of thiophene rings is 1. The summed E-state index contributed by atoms with van der Waals surface area (Å²) in [7, 11) is -3.34. The van der Waals surface area contributed by atoms with Crippen LogP contribution in [0.1, 0.15) is 4.88 Å². The van der Waals surface area contributed by atoms with Gasteiger partial charge in [-0.2, -0.15) is 0 Å². The number of rotatable bonds is 8. The maximum atomic E-state index is 12.4. The number of nitrogens with one attached hydrogen (secondary N) is 1. The van der Waals surface area contributed by atoms with Crippen LogP contribution in [0.3, 0.4) is 0 Å². The number of benzene rings is 1. The van der Waals surface area contributed by atoms with Gasteiger partial charge in [-0.15, -0.1) is 23.1 Å². The van der Waals surface area contributed by atoms with Crippen molar-refractivity contribution < 1.29 is 13.2 Å². The van der Waals surface area contributed by atoms with Crippen LogP contribution < -0.4 is 5.32 Å². The lowest BCUT2D eigenvalue weighted by Crippen LogP contribution is -2.15. The number of amides is 1. The van der Waals surface area contributed by atoms with Crippen molar-refractivity contribution in [1.82, 2.24) is 4.98 Å². The summed E-state index contributed by atoms with van der Waals surface area (Å²) in [5, 5.41) is 5.41. The van der Waals surface area contributed by atoms with E-state index in [1.54, 1.807) is 48.7 Å². The maximum absolute atomic E-state index is 12.4. The predicted molar refractivity (Wildman–Crippen MR) is 110 cm³/mol. The average molecular weight is 419 g/mol. The van der Waals surface area contributed by atoms with Gasteiger partial charge in [0, 0.05) is 16.8 Å². The third-order valence-electron chi connectivity index (χ3n) is 3.65. The van der Waals surface area contributed by atoms with E-state index in [2.05, 4.69) is 10.3 Å². The molecule has 1 aromatic carbocycles. The molecule has 1 amide bonds. The first kappa shape index (κ1) is 19.6. The monoisotopic (exact) mass is 418 g/mol. The minimum Gasteiger partial charge on any atom is -0.323 e. The van der Waals surface area contributed by atoms with Crippen LogP contribution in [-0.2, 0) is 21.1 Å². The topological polar surface area (TPSA) is 76.1 Å². The molecule has 0 radical (unpaired) electrons. The summed E-state index contributed by atoms with van der Waals surface area (Å²) >= 11 is 2.85. The average Bonchev–Trinajstić information content (AvgIpc) is 3.16. The molecule has 0 aliphatic carbocycles. The number of sulfone groups is 1. The van der Waals surface area contributed by atoms with Crippen LogP contribution in [0, 0.1) is 0 Å². The van der Waals surface area contributed by atoms with Gasteiger partial charge in [0.25, 0.3) is 0 Å². The van der Waals surface area contributed by atoms with E-state index in [1.807, 2.05) is 17.5 Å². The lowest BCUT2D eigenvalue weighted by Gasteiger charge is -2.10. The summed E-state index contributed by atoms with van der Waals surface area (Å²) in [4.78, 5) is 17.8. The maximum Gasteiger partial charge on any atom is 0.229 e. The van der Waals surface area contributed by atoms with Gasteiger partial charge >= 0.3 is 0 Å². The van der Waals surface area contributed by atoms with Crippen molar-refractivity contribution in [3.8, 4) is 0 Å². The molecule has 2 heterocycles. The minimum absolute atomic E-state index is 0.000829. The summed E-state index contributed by atoms with van der Waals surface area (Å²) in [5.74, 6) is 0.229. The Morgan fingerprint density at radius 2 is 1.89 bits per heavy atom. The number of hydrogen-bond acceptors (Lipinski definition) is 6. The van der Waals surface area contributed by atoms with E-state index in [4.69, 9.17) is 0 Å². The first-order chi connectivity index (χ1) is 13.0. The van der Waals surface area contributed by atoms with E-state index in [-0.39, 0.29) is 11.7 Å². The largest absolute Gasteiger partial charge is 0.323 e. The van der Waals surface area contributed by atoms with Crippen LogP contribution >= 0.6 is 23.1 Å². The van der Waals surface area contributed by atoms with E-state index in [9.17, 15) is 13.2 Å². The van der Waals surface area contributed by atoms with Crippen LogP contribution in [0.2, 0.25) is 0 Å². The molecule has 0 spiro atoms. The van der Waals surface area contributed by atoms with Crippen molar-refractivity contribution in [2.75, 3.05) is 16.8 Å². The Bertz CT molecular complexity index is 988. The second-order valence-electron chi connectivity index (χ2n) is 5.64. The molecule has 0 fully saturated rings. The summed E-state index contributed by atoms with van der Waals surface area (Å²) in [6, 6.07) is 15.7. The van der Waals surface area contributed by atoms with E-state index >= 15 is 0 Å².